The van der Waals surface area contributed by atoms with Gasteiger partial charge in [0.2, 0.25) is 5.91 Å². The van der Waals surface area contributed by atoms with Crippen LogP contribution in [0.25, 0.3) is 0 Å². The molecule has 2 atom stereocenters. The van der Waals surface area contributed by atoms with E-state index in [1.807, 2.05) is 0 Å². The Balaban J connectivity index is 0.00000144. The Morgan fingerprint density at radius 1 is 1.12 bits per heavy atom. The first kappa shape index (κ1) is 14.8. The van der Waals surface area contributed by atoms with Crippen LogP contribution in [0.15, 0.2) is 0 Å². The molecule has 0 radical (unpaired) electrons. The zero-order chi connectivity index (χ0) is 11.4. The summed E-state index contributed by atoms with van der Waals surface area (Å²) >= 11 is 0. The van der Waals surface area contributed by atoms with Crippen LogP contribution in [0.4, 0.5) is 0 Å². The van der Waals surface area contributed by atoms with E-state index in [2.05, 4.69) is 5.32 Å². The van der Waals surface area contributed by atoms with Gasteiger partial charge in [-0.25, -0.2) is 0 Å². The summed E-state index contributed by atoms with van der Waals surface area (Å²) in [5, 5.41) is 3.08. The van der Waals surface area contributed by atoms with E-state index in [4.69, 9.17) is 5.73 Å². The van der Waals surface area contributed by atoms with Gasteiger partial charge in [-0.15, -0.1) is 12.4 Å². The third-order valence-electron chi connectivity index (χ3n) is 4.23. The van der Waals surface area contributed by atoms with Crippen LogP contribution >= 0.6 is 12.4 Å². The number of hydrogen-bond acceptors (Lipinski definition) is 2. The minimum absolute atomic E-state index is 0. The highest BCUT2D eigenvalue weighted by atomic mass is 35.5. The van der Waals surface area contributed by atoms with Gasteiger partial charge in [0, 0.05) is 19.0 Å². The average molecular weight is 261 g/mol. The van der Waals surface area contributed by atoms with Crippen molar-refractivity contribution in [2.45, 2.75) is 57.4 Å². The maximum atomic E-state index is 11.7. The molecule has 17 heavy (non-hydrogen) atoms. The number of amides is 1. The van der Waals surface area contributed by atoms with Crippen LogP contribution in [-0.4, -0.2) is 18.5 Å². The Kier molecular flexibility index (Phi) is 6.28. The molecule has 0 aliphatic heterocycles. The first-order chi connectivity index (χ1) is 7.75. The first-order valence-corrected chi connectivity index (χ1v) is 6.78. The van der Waals surface area contributed by atoms with Gasteiger partial charge in [0.1, 0.15) is 0 Å². The van der Waals surface area contributed by atoms with Crippen LogP contribution in [0.5, 0.6) is 0 Å². The largest absolute Gasteiger partial charge is 0.356 e. The van der Waals surface area contributed by atoms with Gasteiger partial charge in [0.05, 0.1) is 0 Å². The van der Waals surface area contributed by atoms with Crippen LogP contribution in [-0.2, 0) is 4.79 Å². The van der Waals surface area contributed by atoms with E-state index >= 15 is 0 Å². The van der Waals surface area contributed by atoms with E-state index in [1.165, 1.54) is 32.1 Å². The van der Waals surface area contributed by atoms with Crippen LogP contribution in [0.3, 0.4) is 0 Å². The number of nitrogens with one attached hydrogen (secondary N) is 1. The normalized spacial score (nSPS) is 29.0. The molecule has 2 rings (SSSR count). The lowest BCUT2D eigenvalue weighted by Gasteiger charge is -2.16. The van der Waals surface area contributed by atoms with Crippen LogP contribution in [0.2, 0.25) is 0 Å². The number of carbonyl (C=O) groups excluding carboxylic acids is 1. The highest BCUT2D eigenvalue weighted by Crippen LogP contribution is 2.27. The molecule has 0 saturated heterocycles. The minimum Gasteiger partial charge on any atom is -0.356 e. The Morgan fingerprint density at radius 2 is 1.82 bits per heavy atom. The van der Waals surface area contributed by atoms with Crippen molar-refractivity contribution < 1.29 is 4.79 Å². The predicted octanol–water partition coefficient (Wildman–Crippen LogP) is 2.23. The monoisotopic (exact) mass is 260 g/mol. The SMILES string of the molecule is Cl.N[C@@H]1CCC[C@H]1CC(=O)NCC1CCCC1. The molecule has 2 aliphatic carbocycles. The molecule has 0 heterocycles. The van der Waals surface area contributed by atoms with E-state index in [0.717, 1.165) is 25.3 Å². The lowest BCUT2D eigenvalue weighted by Crippen LogP contribution is -2.33. The molecule has 1 amide bonds. The molecule has 3 nitrogen and oxygen atoms in total. The second-order valence-corrected chi connectivity index (χ2v) is 5.51. The molecule has 0 spiro atoms. The lowest BCUT2D eigenvalue weighted by atomic mass is 9.99. The summed E-state index contributed by atoms with van der Waals surface area (Å²) in [7, 11) is 0. The van der Waals surface area contributed by atoms with E-state index in [0.29, 0.717) is 12.3 Å². The van der Waals surface area contributed by atoms with Crippen LogP contribution < -0.4 is 11.1 Å². The minimum atomic E-state index is 0. The molecule has 3 N–H and O–H groups in total. The number of carbonyl (C=O) groups is 1. The Morgan fingerprint density at radius 3 is 2.41 bits per heavy atom. The number of rotatable bonds is 4. The second kappa shape index (κ2) is 7.22. The average Bonchev–Trinajstić information content (AvgIpc) is 2.88. The van der Waals surface area contributed by atoms with Crippen molar-refractivity contribution in [1.82, 2.24) is 5.32 Å². The van der Waals surface area contributed by atoms with E-state index in [-0.39, 0.29) is 24.4 Å². The maximum absolute atomic E-state index is 11.7. The molecule has 2 saturated carbocycles. The van der Waals surface area contributed by atoms with Crippen molar-refractivity contribution in [3.63, 3.8) is 0 Å². The van der Waals surface area contributed by atoms with Gasteiger partial charge < -0.3 is 11.1 Å². The quantitative estimate of drug-likeness (QED) is 0.815. The molecular weight excluding hydrogens is 236 g/mol. The van der Waals surface area contributed by atoms with E-state index in [9.17, 15) is 4.79 Å². The third-order valence-corrected chi connectivity index (χ3v) is 4.23. The zero-order valence-electron chi connectivity index (χ0n) is 10.5. The molecule has 0 aromatic carbocycles. The number of nitrogens with two attached hydrogens (primary N) is 1. The fourth-order valence-electron chi connectivity index (χ4n) is 3.10. The Hall–Kier alpha value is -0.280. The standard InChI is InChI=1S/C13H24N2O.ClH/c14-12-7-3-6-11(12)8-13(16)15-9-10-4-1-2-5-10;/h10-12H,1-9,14H2,(H,15,16);1H/t11-,12+;/m0./s1. The van der Waals surface area contributed by atoms with Crippen LogP contribution in [0, 0.1) is 11.8 Å². The molecule has 2 aliphatic rings. The summed E-state index contributed by atoms with van der Waals surface area (Å²) in [5.41, 5.74) is 5.97. The molecule has 0 aromatic heterocycles. The fourth-order valence-corrected chi connectivity index (χ4v) is 3.10. The maximum Gasteiger partial charge on any atom is 0.220 e. The Bertz CT molecular complexity index is 242. The smallest absolute Gasteiger partial charge is 0.220 e. The highest BCUT2D eigenvalue weighted by molar-refractivity contribution is 5.85. The number of halogens is 1. The molecule has 0 aromatic rings. The summed E-state index contributed by atoms with van der Waals surface area (Å²) in [5.74, 6) is 1.39. The molecule has 2 fully saturated rings. The third kappa shape index (κ3) is 4.47. The summed E-state index contributed by atoms with van der Waals surface area (Å²) in [6, 6.07) is 0.261. The summed E-state index contributed by atoms with van der Waals surface area (Å²) in [4.78, 5) is 11.7. The van der Waals surface area contributed by atoms with Crippen molar-refractivity contribution in [3.8, 4) is 0 Å². The molecule has 100 valence electrons. The predicted molar refractivity (Wildman–Crippen MR) is 72.1 cm³/mol. The van der Waals surface area contributed by atoms with Gasteiger partial charge in [-0.3, -0.25) is 4.79 Å². The molecule has 4 heteroatoms. The lowest BCUT2D eigenvalue weighted by molar-refractivity contribution is -0.122. The Labute approximate surface area is 110 Å². The van der Waals surface area contributed by atoms with Gasteiger partial charge >= 0.3 is 0 Å². The molecular formula is C13H25ClN2O. The molecule has 0 bridgehead atoms. The van der Waals surface area contributed by atoms with Crippen molar-refractivity contribution in [3.05, 3.63) is 0 Å². The van der Waals surface area contributed by atoms with Crippen molar-refractivity contribution >= 4 is 18.3 Å². The van der Waals surface area contributed by atoms with E-state index in [1.54, 1.807) is 0 Å². The summed E-state index contributed by atoms with van der Waals surface area (Å²) in [6.07, 6.45) is 9.35. The number of hydrogen-bond donors (Lipinski definition) is 2. The van der Waals surface area contributed by atoms with Gasteiger partial charge in [-0.1, -0.05) is 19.3 Å². The molecule has 0 unspecified atom stereocenters. The van der Waals surface area contributed by atoms with Crippen molar-refractivity contribution in [2.75, 3.05) is 6.54 Å². The van der Waals surface area contributed by atoms with Crippen LogP contribution in [0.1, 0.15) is 51.4 Å². The second-order valence-electron chi connectivity index (χ2n) is 5.51. The fraction of sp³-hybridized carbons (Fsp3) is 0.923. The van der Waals surface area contributed by atoms with Crippen molar-refractivity contribution in [2.24, 2.45) is 17.6 Å². The van der Waals surface area contributed by atoms with Crippen molar-refractivity contribution in [1.29, 1.82) is 0 Å². The topological polar surface area (TPSA) is 55.1 Å². The van der Waals surface area contributed by atoms with Gasteiger partial charge in [0.15, 0.2) is 0 Å². The summed E-state index contributed by atoms with van der Waals surface area (Å²) in [6.45, 7) is 0.890. The van der Waals surface area contributed by atoms with Gasteiger partial charge in [-0.05, 0) is 37.5 Å². The van der Waals surface area contributed by atoms with E-state index < -0.39 is 0 Å². The highest BCUT2D eigenvalue weighted by Gasteiger charge is 2.26. The zero-order valence-corrected chi connectivity index (χ0v) is 11.3. The first-order valence-electron chi connectivity index (χ1n) is 6.78. The van der Waals surface area contributed by atoms with Gasteiger partial charge in [0.25, 0.3) is 0 Å². The summed E-state index contributed by atoms with van der Waals surface area (Å²) < 4.78 is 0. The van der Waals surface area contributed by atoms with Gasteiger partial charge in [-0.2, -0.15) is 0 Å².